The largest absolute Gasteiger partial charge is 0.386 e. The molecule has 2 rings (SSSR count). The lowest BCUT2D eigenvalue weighted by molar-refractivity contribution is -0.117. The van der Waals surface area contributed by atoms with Gasteiger partial charge in [0.1, 0.15) is 14.5 Å². The highest BCUT2D eigenvalue weighted by atomic mass is 32.3. The smallest absolute Gasteiger partial charge is 0.259 e. The number of methoxy groups -OCH3 is 1. The zero-order valence-electron chi connectivity index (χ0n) is 20.5. The van der Waals surface area contributed by atoms with Gasteiger partial charge >= 0.3 is 0 Å². The van der Waals surface area contributed by atoms with Crippen molar-refractivity contribution >= 4 is 27.6 Å². The van der Waals surface area contributed by atoms with Gasteiger partial charge in [-0.25, -0.2) is 9.35 Å². The van der Waals surface area contributed by atoms with Crippen LogP contribution >= 0.6 is 11.8 Å². The quantitative estimate of drug-likeness (QED) is 0.551. The lowest BCUT2D eigenvalue weighted by Gasteiger charge is -2.26. The first-order valence-corrected chi connectivity index (χ1v) is 13.6. The first-order chi connectivity index (χ1) is 14.7. The minimum absolute atomic E-state index is 0.0556. The van der Waals surface area contributed by atoms with Crippen LogP contribution in [0.1, 0.15) is 82.6 Å². The predicted octanol–water partition coefficient (Wildman–Crippen LogP) is 4.85. The average Bonchev–Trinajstić information content (AvgIpc) is 3.04. The molecule has 1 aliphatic heterocycles. The highest BCUT2D eigenvalue weighted by molar-refractivity contribution is 8.15. The van der Waals surface area contributed by atoms with E-state index in [1.54, 1.807) is 26.4 Å². The Kier molecular flexibility index (Phi) is 8.78. The molecule has 0 fully saturated rings. The third-order valence-corrected chi connectivity index (χ3v) is 9.56. The molecule has 6 nitrogen and oxygen atoms in total. The van der Waals surface area contributed by atoms with Gasteiger partial charge in [-0.05, 0) is 58.9 Å². The van der Waals surface area contributed by atoms with Gasteiger partial charge in [0.2, 0.25) is 0 Å². The van der Waals surface area contributed by atoms with E-state index in [2.05, 4.69) is 44.2 Å². The van der Waals surface area contributed by atoms with Crippen LogP contribution in [0.5, 0.6) is 0 Å². The molecular formula is C24H38N2O4S2. The van der Waals surface area contributed by atoms with Gasteiger partial charge < -0.3 is 9.84 Å². The van der Waals surface area contributed by atoms with Gasteiger partial charge in [0.25, 0.3) is 5.91 Å². The number of carbonyl (C=O) groups is 1. The second-order valence-corrected chi connectivity index (χ2v) is 12.9. The Morgan fingerprint density at radius 1 is 1.25 bits per heavy atom. The van der Waals surface area contributed by atoms with E-state index in [0.717, 1.165) is 27.8 Å². The number of thioether (sulfide) groups is 1. The number of nitrogens with two attached hydrogens (primary N) is 1. The van der Waals surface area contributed by atoms with E-state index in [0.29, 0.717) is 6.61 Å². The van der Waals surface area contributed by atoms with E-state index in [1.807, 2.05) is 6.92 Å². The number of carbonyl (C=O) groups excluding carboxylic acids is 1. The highest BCUT2D eigenvalue weighted by Gasteiger charge is 2.39. The third kappa shape index (κ3) is 6.23. The third-order valence-electron chi connectivity index (χ3n) is 5.77. The van der Waals surface area contributed by atoms with E-state index < -0.39 is 26.0 Å². The van der Waals surface area contributed by atoms with Gasteiger partial charge in [-0.1, -0.05) is 46.8 Å². The summed E-state index contributed by atoms with van der Waals surface area (Å²) in [6, 6.07) is 4.16. The molecule has 0 saturated heterocycles. The standard InChI is InChI=1S/C24H38N2O4S2/c1-14(2)18-9-17(12-30-8)10-19(15(3)4)20(18)11-22(27)26-32(25,29)23-16(5)21(13-31-23)24(6,7)28/h9-10,13-16,23,28H,11-12H2,1-8H3,(H2,25,26,27,29)/t16?,23?,32-/m0/s1. The Bertz CT molecular complexity index is 971. The fraction of sp³-hybridized carbons (Fsp3) is 0.625. The first-order valence-electron chi connectivity index (χ1n) is 11.0. The summed E-state index contributed by atoms with van der Waals surface area (Å²) in [6.45, 7) is 14.1. The van der Waals surface area contributed by atoms with E-state index in [9.17, 15) is 14.1 Å². The van der Waals surface area contributed by atoms with Crippen LogP contribution in [-0.2, 0) is 32.5 Å². The molecule has 0 spiro atoms. The number of aliphatic hydroxyl groups is 1. The van der Waals surface area contributed by atoms with Gasteiger partial charge in [-0.3, -0.25) is 4.79 Å². The van der Waals surface area contributed by atoms with Crippen molar-refractivity contribution in [3.63, 3.8) is 0 Å². The maximum atomic E-state index is 13.3. The molecule has 3 N–H and O–H groups in total. The van der Waals surface area contributed by atoms with Crippen molar-refractivity contribution in [1.82, 2.24) is 0 Å². The minimum Gasteiger partial charge on any atom is -0.386 e. The van der Waals surface area contributed by atoms with Gasteiger partial charge in [0.15, 0.2) is 0 Å². The molecule has 0 radical (unpaired) electrons. The van der Waals surface area contributed by atoms with Gasteiger partial charge in [-0.15, -0.1) is 16.1 Å². The summed E-state index contributed by atoms with van der Waals surface area (Å²) in [5.41, 5.74) is 3.86. The van der Waals surface area contributed by atoms with Crippen LogP contribution in [0.25, 0.3) is 0 Å². The monoisotopic (exact) mass is 482 g/mol. The molecule has 180 valence electrons. The molecule has 0 bridgehead atoms. The van der Waals surface area contributed by atoms with Crippen LogP contribution in [-0.4, -0.2) is 32.5 Å². The summed E-state index contributed by atoms with van der Waals surface area (Å²) in [5.74, 6) is -0.318. The van der Waals surface area contributed by atoms with Crippen LogP contribution in [0.3, 0.4) is 0 Å². The molecule has 0 aliphatic carbocycles. The number of nitrogens with zero attached hydrogens (tertiary/aromatic N) is 1. The average molecular weight is 483 g/mol. The number of hydrogen-bond acceptors (Lipinski definition) is 5. The summed E-state index contributed by atoms with van der Waals surface area (Å²) in [5, 5.41) is 18.3. The molecule has 2 unspecified atom stereocenters. The van der Waals surface area contributed by atoms with Crippen molar-refractivity contribution in [3.8, 4) is 0 Å². The van der Waals surface area contributed by atoms with Gasteiger partial charge in [-0.2, -0.15) is 0 Å². The Morgan fingerprint density at radius 2 is 1.78 bits per heavy atom. The molecule has 0 aromatic heterocycles. The topological polar surface area (TPSA) is 102 Å². The van der Waals surface area contributed by atoms with Gasteiger partial charge in [0, 0.05) is 13.0 Å². The van der Waals surface area contributed by atoms with Crippen LogP contribution in [0.15, 0.2) is 27.5 Å². The van der Waals surface area contributed by atoms with E-state index in [-0.39, 0.29) is 24.2 Å². The molecule has 8 heteroatoms. The second-order valence-electron chi connectivity index (χ2n) is 9.70. The SMILES string of the molecule is COCc1cc(C(C)C)c(CC(=O)N=[S@](N)(=O)C2SC=C(C(C)(C)O)C2C)c(C(C)C)c1. The molecule has 3 atom stereocenters. The molecule has 0 saturated carbocycles. The van der Waals surface area contributed by atoms with E-state index in [1.165, 1.54) is 11.8 Å². The lowest BCUT2D eigenvalue weighted by atomic mass is 9.85. The molecule has 1 aromatic rings. The van der Waals surface area contributed by atoms with E-state index >= 15 is 0 Å². The summed E-state index contributed by atoms with van der Waals surface area (Å²) >= 11 is 1.28. The summed E-state index contributed by atoms with van der Waals surface area (Å²) < 4.78 is 22.0. The second kappa shape index (κ2) is 10.4. The highest BCUT2D eigenvalue weighted by Crippen LogP contribution is 2.43. The van der Waals surface area contributed by atoms with E-state index in [4.69, 9.17) is 9.88 Å². The predicted molar refractivity (Wildman–Crippen MR) is 134 cm³/mol. The van der Waals surface area contributed by atoms with Crippen LogP contribution in [0.2, 0.25) is 0 Å². The van der Waals surface area contributed by atoms with Crippen LogP contribution < -0.4 is 5.14 Å². The number of hydrogen-bond donors (Lipinski definition) is 2. The summed E-state index contributed by atoms with van der Waals surface area (Å²) in [4.78, 5) is 13.0. The van der Waals surface area contributed by atoms with Crippen molar-refractivity contribution in [1.29, 1.82) is 0 Å². The number of amides is 1. The summed E-state index contributed by atoms with van der Waals surface area (Å²) in [7, 11) is -1.63. The van der Waals surface area contributed by atoms with Crippen LogP contribution in [0.4, 0.5) is 0 Å². The molecule has 1 aliphatic rings. The number of ether oxygens (including phenoxy) is 1. The molecule has 1 aromatic carbocycles. The van der Waals surface area contributed by atoms with Crippen molar-refractivity contribution in [2.45, 2.75) is 83.5 Å². The van der Waals surface area contributed by atoms with Crippen molar-refractivity contribution in [2.75, 3.05) is 7.11 Å². The Hall–Kier alpha value is -1.19. The zero-order chi connectivity index (χ0) is 24.4. The normalized spacial score (nSPS) is 21.1. The fourth-order valence-electron chi connectivity index (χ4n) is 4.25. The zero-order valence-corrected chi connectivity index (χ0v) is 22.1. The molecular weight excluding hydrogens is 444 g/mol. The maximum Gasteiger partial charge on any atom is 0.259 e. The van der Waals surface area contributed by atoms with Crippen molar-refractivity contribution in [3.05, 3.63) is 45.4 Å². The Balaban J connectivity index is 2.40. The molecule has 1 heterocycles. The maximum absolute atomic E-state index is 13.3. The molecule has 1 amide bonds. The van der Waals surface area contributed by atoms with Crippen LogP contribution in [0, 0.1) is 5.92 Å². The minimum atomic E-state index is -3.30. The molecule has 32 heavy (non-hydrogen) atoms. The summed E-state index contributed by atoms with van der Waals surface area (Å²) in [6.07, 6.45) is 0.0556. The Labute approximate surface area is 197 Å². The first kappa shape index (κ1) is 27.1. The van der Waals surface area contributed by atoms with Crippen molar-refractivity contribution in [2.24, 2.45) is 15.4 Å². The van der Waals surface area contributed by atoms with Gasteiger partial charge in [0.05, 0.1) is 18.6 Å². The van der Waals surface area contributed by atoms with Crippen molar-refractivity contribution < 1.29 is 18.8 Å². The number of rotatable bonds is 8. The lowest BCUT2D eigenvalue weighted by Crippen LogP contribution is -2.34. The number of benzene rings is 1. The fourth-order valence-corrected chi connectivity index (χ4v) is 7.56. The Morgan fingerprint density at radius 3 is 2.19 bits per heavy atom.